The molecule has 1 aliphatic rings. The van der Waals surface area contributed by atoms with Gasteiger partial charge < -0.3 is 35.0 Å². The van der Waals surface area contributed by atoms with Crippen LogP contribution in [-0.2, 0) is 15.7 Å². The Balaban J connectivity index is 0.00000411. The van der Waals surface area contributed by atoms with Gasteiger partial charge in [-0.05, 0) is 52.7 Å². The van der Waals surface area contributed by atoms with Crippen molar-refractivity contribution in [2.45, 2.75) is 77.8 Å². The smallest absolute Gasteiger partial charge is 0.417 e. The standard InChI is InChI=1S/C26H39F3N4O6.C2H6/c1-24(2,3)39-23(37)33-10-7-8-17(14-33)32(6)22(36)18-12-20(31(5)11-9-30)21(13-19(18)26(27,28)29)38-25(4,15-34)16-35;1-2/h12-13,15,17,35H,7-11,14,16,30H2,1-6H3;1-2H3/t17-,25?;/m1./s1. The van der Waals surface area contributed by atoms with Gasteiger partial charge in [0, 0.05) is 46.3 Å². The first kappa shape index (κ1) is 36.0. The van der Waals surface area contributed by atoms with Crippen molar-refractivity contribution >= 4 is 24.0 Å². The van der Waals surface area contributed by atoms with Crippen LogP contribution in [0.2, 0.25) is 0 Å². The number of halogens is 3. The molecule has 1 unspecified atom stereocenters. The summed E-state index contributed by atoms with van der Waals surface area (Å²) in [5.41, 5.74) is 1.31. The molecule has 1 aromatic rings. The van der Waals surface area contributed by atoms with E-state index in [1.54, 1.807) is 27.8 Å². The van der Waals surface area contributed by atoms with Crippen LogP contribution in [0.1, 0.15) is 70.3 Å². The minimum Gasteiger partial charge on any atom is -0.475 e. The van der Waals surface area contributed by atoms with Crippen LogP contribution in [-0.4, -0.2) is 97.3 Å². The molecule has 0 aliphatic carbocycles. The van der Waals surface area contributed by atoms with Crippen LogP contribution in [0, 0.1) is 0 Å². The molecule has 0 saturated carbocycles. The fourth-order valence-corrected chi connectivity index (χ4v) is 4.14. The maximum atomic E-state index is 14.2. The summed E-state index contributed by atoms with van der Waals surface area (Å²) in [5, 5.41) is 9.58. The number of carbonyl (C=O) groups is 3. The molecule has 0 bridgehead atoms. The molecule has 3 N–H and O–H groups in total. The van der Waals surface area contributed by atoms with Gasteiger partial charge in [0.25, 0.3) is 5.91 Å². The molecule has 1 heterocycles. The first-order valence-corrected chi connectivity index (χ1v) is 13.6. The van der Waals surface area contributed by atoms with Gasteiger partial charge in [-0.2, -0.15) is 13.2 Å². The molecular formula is C28H45F3N4O6. The molecule has 13 heteroatoms. The summed E-state index contributed by atoms with van der Waals surface area (Å²) in [6.07, 6.45) is -4.19. The highest BCUT2D eigenvalue weighted by atomic mass is 19.4. The van der Waals surface area contributed by atoms with Crippen LogP contribution < -0.4 is 15.4 Å². The third-order valence-corrected chi connectivity index (χ3v) is 6.33. The fraction of sp³-hybridized carbons (Fsp3) is 0.679. The van der Waals surface area contributed by atoms with Gasteiger partial charge in [-0.3, -0.25) is 9.59 Å². The minimum absolute atomic E-state index is 0.0887. The lowest BCUT2D eigenvalue weighted by atomic mass is 10.00. The number of aliphatic hydroxyl groups excluding tert-OH is 1. The van der Waals surface area contributed by atoms with Gasteiger partial charge in [0.1, 0.15) is 11.4 Å². The van der Waals surface area contributed by atoms with Crippen LogP contribution >= 0.6 is 0 Å². The molecule has 0 radical (unpaired) electrons. The molecule has 1 aromatic carbocycles. The van der Waals surface area contributed by atoms with Crippen LogP contribution in [0.5, 0.6) is 5.75 Å². The third kappa shape index (κ3) is 9.77. The number of anilines is 1. The molecule has 2 atom stereocenters. The Hall–Kier alpha value is -3.06. The number of aliphatic hydroxyl groups is 1. The number of likely N-dealkylation sites (N-methyl/N-ethyl adjacent to an activating group) is 2. The zero-order valence-electron chi connectivity index (χ0n) is 25.3. The molecular weight excluding hydrogens is 545 g/mol. The molecule has 1 aliphatic heterocycles. The van der Waals surface area contributed by atoms with Gasteiger partial charge >= 0.3 is 12.3 Å². The van der Waals surface area contributed by atoms with E-state index in [9.17, 15) is 32.7 Å². The maximum absolute atomic E-state index is 14.2. The Labute approximate surface area is 240 Å². The first-order valence-electron chi connectivity index (χ1n) is 13.6. The van der Waals surface area contributed by atoms with Crippen molar-refractivity contribution < 1.29 is 42.1 Å². The molecule has 10 nitrogen and oxygen atoms in total. The van der Waals surface area contributed by atoms with E-state index >= 15 is 0 Å². The summed E-state index contributed by atoms with van der Waals surface area (Å²) in [4.78, 5) is 41.8. The second-order valence-corrected chi connectivity index (χ2v) is 10.9. The molecule has 1 saturated heterocycles. The predicted octanol–water partition coefficient (Wildman–Crippen LogP) is 3.93. The van der Waals surface area contributed by atoms with Crippen molar-refractivity contribution in [3.8, 4) is 5.75 Å². The first-order chi connectivity index (χ1) is 19.0. The molecule has 41 heavy (non-hydrogen) atoms. The molecule has 1 fully saturated rings. The average molecular weight is 591 g/mol. The lowest BCUT2D eigenvalue weighted by Gasteiger charge is -2.38. The molecule has 2 rings (SSSR count). The summed E-state index contributed by atoms with van der Waals surface area (Å²) in [6, 6.07) is 1.17. The van der Waals surface area contributed by atoms with Gasteiger partial charge in [0.2, 0.25) is 0 Å². The average Bonchev–Trinajstić information content (AvgIpc) is 2.91. The topological polar surface area (TPSA) is 126 Å². The molecule has 0 spiro atoms. The van der Waals surface area contributed by atoms with E-state index in [4.69, 9.17) is 15.2 Å². The highest BCUT2D eigenvalue weighted by molar-refractivity contribution is 5.97. The van der Waals surface area contributed by atoms with Gasteiger partial charge in [-0.1, -0.05) is 13.8 Å². The number of ether oxygens (including phenoxy) is 2. The number of benzene rings is 1. The minimum atomic E-state index is -4.94. The molecule has 234 valence electrons. The highest BCUT2D eigenvalue weighted by Crippen LogP contribution is 2.41. The van der Waals surface area contributed by atoms with E-state index in [0.717, 1.165) is 6.07 Å². The van der Waals surface area contributed by atoms with Crippen molar-refractivity contribution in [2.24, 2.45) is 5.73 Å². The van der Waals surface area contributed by atoms with Crippen LogP contribution in [0.3, 0.4) is 0 Å². The number of hydrogen-bond acceptors (Lipinski definition) is 8. The number of amides is 2. The molecule has 2 amide bonds. The summed E-state index contributed by atoms with van der Waals surface area (Å²) >= 11 is 0. The summed E-state index contributed by atoms with van der Waals surface area (Å²) in [6.45, 7) is 10.5. The van der Waals surface area contributed by atoms with Gasteiger partial charge in [0.15, 0.2) is 11.9 Å². The van der Waals surface area contributed by atoms with Gasteiger partial charge in [-0.15, -0.1) is 0 Å². The van der Waals surface area contributed by atoms with Gasteiger partial charge in [-0.25, -0.2) is 4.79 Å². The lowest BCUT2D eigenvalue weighted by molar-refractivity contribution is -0.138. The number of nitrogens with two attached hydrogens (primary N) is 1. The van der Waals surface area contributed by atoms with Crippen molar-refractivity contribution in [2.75, 3.05) is 51.8 Å². The number of piperidine rings is 1. The van der Waals surface area contributed by atoms with Crippen LogP contribution in [0.15, 0.2) is 12.1 Å². The second kappa shape index (κ2) is 14.7. The van der Waals surface area contributed by atoms with Crippen molar-refractivity contribution in [3.63, 3.8) is 0 Å². The SMILES string of the molecule is CC.CN(CCN)c1cc(C(=O)N(C)[C@@H]2CCCN(C(=O)OC(C)(C)C)C2)c(C(F)(F)F)cc1OC(C)(C=O)CO. The predicted molar refractivity (Wildman–Crippen MR) is 150 cm³/mol. The number of nitrogens with zero attached hydrogens (tertiary/aromatic N) is 3. The number of likely N-dealkylation sites (tertiary alicyclic amines) is 1. The van der Waals surface area contributed by atoms with E-state index in [1.165, 1.54) is 28.7 Å². The Bertz CT molecular complexity index is 1050. The van der Waals surface area contributed by atoms with E-state index in [2.05, 4.69) is 0 Å². The number of hydrogen-bond donors (Lipinski definition) is 2. The normalized spacial score (nSPS) is 17.0. The zero-order valence-corrected chi connectivity index (χ0v) is 25.3. The van der Waals surface area contributed by atoms with Crippen LogP contribution in [0.25, 0.3) is 0 Å². The molecule has 0 aromatic heterocycles. The number of carbonyl (C=O) groups excluding carboxylic acids is 3. The Kier molecular flexibility index (Phi) is 12.9. The highest BCUT2D eigenvalue weighted by Gasteiger charge is 2.40. The van der Waals surface area contributed by atoms with Crippen molar-refractivity contribution in [3.05, 3.63) is 23.3 Å². The Morgan fingerprint density at radius 1 is 1.17 bits per heavy atom. The lowest BCUT2D eigenvalue weighted by Crippen LogP contribution is -2.51. The quantitative estimate of drug-likeness (QED) is 0.415. The summed E-state index contributed by atoms with van der Waals surface area (Å²) in [5.74, 6) is -1.23. The summed E-state index contributed by atoms with van der Waals surface area (Å²) in [7, 11) is 2.95. The maximum Gasteiger partial charge on any atom is 0.417 e. The zero-order chi connectivity index (χ0) is 31.8. The van der Waals surface area contributed by atoms with Crippen LogP contribution in [0.4, 0.5) is 23.7 Å². The fourth-order valence-electron chi connectivity index (χ4n) is 4.14. The van der Waals surface area contributed by atoms with E-state index in [1.807, 2.05) is 13.8 Å². The van der Waals surface area contributed by atoms with E-state index in [-0.39, 0.29) is 31.1 Å². The van der Waals surface area contributed by atoms with E-state index < -0.39 is 53.2 Å². The number of alkyl halides is 3. The largest absolute Gasteiger partial charge is 0.475 e. The van der Waals surface area contributed by atoms with Gasteiger partial charge in [0.05, 0.1) is 23.4 Å². The number of rotatable bonds is 9. The second-order valence-electron chi connectivity index (χ2n) is 10.9. The monoisotopic (exact) mass is 590 g/mol. The third-order valence-electron chi connectivity index (χ3n) is 6.33. The number of aldehydes is 1. The van der Waals surface area contributed by atoms with E-state index in [0.29, 0.717) is 31.7 Å². The Morgan fingerprint density at radius 2 is 1.78 bits per heavy atom. The van der Waals surface area contributed by atoms with Crippen molar-refractivity contribution in [1.82, 2.24) is 9.80 Å². The summed E-state index contributed by atoms with van der Waals surface area (Å²) < 4.78 is 53.7. The van der Waals surface area contributed by atoms with Crippen molar-refractivity contribution in [1.29, 1.82) is 0 Å². The Morgan fingerprint density at radius 3 is 2.27 bits per heavy atom.